The first-order chi connectivity index (χ1) is 11.8. The highest BCUT2D eigenvalue weighted by Crippen LogP contribution is 2.24. The summed E-state index contributed by atoms with van der Waals surface area (Å²) in [5.41, 5.74) is -0.494. The van der Waals surface area contributed by atoms with Crippen molar-refractivity contribution in [1.29, 1.82) is 0 Å². The Labute approximate surface area is 153 Å². The van der Waals surface area contributed by atoms with Crippen molar-refractivity contribution >= 4 is 39.9 Å². The molecule has 1 aromatic carbocycles. The van der Waals surface area contributed by atoms with E-state index in [1.54, 1.807) is 6.07 Å². The lowest BCUT2D eigenvalue weighted by Crippen LogP contribution is -2.33. The van der Waals surface area contributed by atoms with Gasteiger partial charge in [-0.2, -0.15) is 9.49 Å². The number of rotatable bonds is 6. The van der Waals surface area contributed by atoms with Gasteiger partial charge in [0.25, 0.3) is 5.91 Å². The van der Waals surface area contributed by atoms with E-state index in [1.807, 2.05) is 28.1 Å². The molecule has 134 valence electrons. The number of benzene rings is 1. The molecule has 1 aromatic heterocycles. The zero-order valence-corrected chi connectivity index (χ0v) is 15.0. The second kappa shape index (κ2) is 8.31. The minimum absolute atomic E-state index is 0.149. The number of halogens is 3. The molecule has 0 unspecified atom stereocenters. The second-order valence-electron chi connectivity index (χ2n) is 4.70. The van der Waals surface area contributed by atoms with Crippen molar-refractivity contribution in [3.63, 3.8) is 0 Å². The first kappa shape index (κ1) is 19.2. The molecule has 0 spiro atoms. The number of aryl methyl sites for hydroxylation is 1. The zero-order chi connectivity index (χ0) is 18.6. The molecule has 0 aliphatic rings. The van der Waals surface area contributed by atoms with Gasteiger partial charge >= 0.3 is 5.56 Å². The van der Waals surface area contributed by atoms with Crippen LogP contribution in [-0.2, 0) is 11.9 Å². The maximum Gasteiger partial charge on any atom is 0.304 e. The number of nitrogens with one attached hydrogen (secondary N) is 2. The lowest BCUT2D eigenvalue weighted by molar-refractivity contribution is -0.375. The van der Waals surface area contributed by atoms with Gasteiger partial charge in [0.05, 0.1) is 12.3 Å². The van der Waals surface area contributed by atoms with Crippen LogP contribution in [0.2, 0.25) is 0 Å². The zero-order valence-electron chi connectivity index (χ0n) is 12.8. The molecule has 2 rings (SSSR count). The third-order valence-corrected chi connectivity index (χ3v) is 3.62. The van der Waals surface area contributed by atoms with Crippen molar-refractivity contribution in [1.82, 2.24) is 15.3 Å². The number of anilines is 2. The molecule has 0 radical (unpaired) electrons. The highest BCUT2D eigenvalue weighted by molar-refractivity contribution is 14.1. The largest absolute Gasteiger partial charge is 0.853 e. The number of aromatic nitrogens is 2. The molecular formula is C14H12F2IN4O4-. The summed E-state index contributed by atoms with van der Waals surface area (Å²) in [6.45, 7) is -0.914. The molecule has 8 nitrogen and oxygen atoms in total. The van der Waals surface area contributed by atoms with Gasteiger partial charge in [-0.1, -0.05) is 0 Å². The Morgan fingerprint density at radius 1 is 1.44 bits per heavy atom. The molecule has 0 aliphatic carbocycles. The second-order valence-corrected chi connectivity index (χ2v) is 5.94. The van der Waals surface area contributed by atoms with Gasteiger partial charge in [0.2, 0.25) is 5.82 Å². The van der Waals surface area contributed by atoms with Gasteiger partial charge in [-0.05, 0) is 40.8 Å². The minimum atomic E-state index is -1.32. The number of nitrogens with zero attached hydrogens (tertiary/aromatic N) is 2. The first-order valence-corrected chi connectivity index (χ1v) is 7.92. The summed E-state index contributed by atoms with van der Waals surface area (Å²) in [7, 11) is 1.15. The Morgan fingerprint density at radius 2 is 2.16 bits per heavy atom. The summed E-state index contributed by atoms with van der Waals surface area (Å²) in [5.74, 6) is -3.03. The van der Waals surface area contributed by atoms with E-state index >= 15 is 0 Å². The van der Waals surface area contributed by atoms with Gasteiger partial charge in [-0.15, -0.1) is 6.61 Å². The van der Waals surface area contributed by atoms with Crippen molar-refractivity contribution in [2.75, 3.05) is 18.5 Å². The van der Waals surface area contributed by atoms with Gasteiger partial charge < -0.3 is 10.4 Å². The van der Waals surface area contributed by atoms with Crippen molar-refractivity contribution < 1.29 is 23.5 Å². The summed E-state index contributed by atoms with van der Waals surface area (Å²) < 4.78 is 29.5. The lowest BCUT2D eigenvalue weighted by Gasteiger charge is -2.14. The third kappa shape index (κ3) is 4.49. The van der Waals surface area contributed by atoms with E-state index in [1.165, 1.54) is 12.1 Å². The lowest BCUT2D eigenvalue weighted by atomic mass is 10.2. The summed E-state index contributed by atoms with van der Waals surface area (Å²) in [6, 6.07) is 4.06. The van der Waals surface area contributed by atoms with Crippen LogP contribution < -0.4 is 21.5 Å². The van der Waals surface area contributed by atoms with Gasteiger partial charge in [0.15, 0.2) is 5.69 Å². The van der Waals surface area contributed by atoms with Crippen LogP contribution in [0.25, 0.3) is 0 Å². The molecule has 0 bridgehead atoms. The highest BCUT2D eigenvalue weighted by atomic mass is 127. The topological polar surface area (TPSA) is 108 Å². The van der Waals surface area contributed by atoms with Crippen LogP contribution in [0.4, 0.5) is 20.2 Å². The maximum absolute atomic E-state index is 14.3. The predicted octanol–water partition coefficient (Wildman–Crippen LogP) is 0.428. The SMILES string of the molecule is Cn1nc(C(=O)NOCC[O-])c(Nc2ccc(I)cc2F)c(F)c1=O. The molecule has 2 N–H and O–H groups in total. The van der Waals surface area contributed by atoms with Crippen molar-refractivity contribution in [3.8, 4) is 0 Å². The number of amides is 1. The normalized spacial score (nSPS) is 10.6. The van der Waals surface area contributed by atoms with Crippen LogP contribution >= 0.6 is 22.6 Å². The molecule has 0 aliphatic heterocycles. The Hall–Kier alpha value is -2.12. The highest BCUT2D eigenvalue weighted by Gasteiger charge is 2.23. The quantitative estimate of drug-likeness (QED) is 0.364. The van der Waals surface area contributed by atoms with E-state index in [-0.39, 0.29) is 12.3 Å². The van der Waals surface area contributed by atoms with Crippen LogP contribution in [0.1, 0.15) is 10.5 Å². The molecular weight excluding hydrogens is 453 g/mol. The van der Waals surface area contributed by atoms with E-state index in [4.69, 9.17) is 0 Å². The molecule has 25 heavy (non-hydrogen) atoms. The molecule has 0 fully saturated rings. The van der Waals surface area contributed by atoms with Gasteiger partial charge in [-0.25, -0.2) is 14.6 Å². The maximum atomic E-state index is 14.3. The monoisotopic (exact) mass is 465 g/mol. The minimum Gasteiger partial charge on any atom is -0.853 e. The van der Waals surface area contributed by atoms with Gasteiger partial charge in [0, 0.05) is 10.6 Å². The molecule has 1 heterocycles. The Bertz CT molecular complexity index is 859. The number of hydrogen-bond donors (Lipinski definition) is 2. The Balaban J connectivity index is 2.45. The van der Waals surface area contributed by atoms with E-state index in [0.29, 0.717) is 8.25 Å². The summed E-state index contributed by atoms with van der Waals surface area (Å²) in [5, 5.41) is 16.4. The average Bonchev–Trinajstić information content (AvgIpc) is 2.57. The van der Waals surface area contributed by atoms with E-state index in [2.05, 4.69) is 15.3 Å². The van der Waals surface area contributed by atoms with Crippen molar-refractivity contribution in [3.05, 3.63) is 49.5 Å². The fourth-order valence-electron chi connectivity index (χ4n) is 1.80. The number of hydrogen-bond acceptors (Lipinski definition) is 6. The van der Waals surface area contributed by atoms with E-state index in [0.717, 1.165) is 7.05 Å². The Kier molecular flexibility index (Phi) is 6.39. The fourth-order valence-corrected chi connectivity index (χ4v) is 2.26. The molecule has 0 saturated heterocycles. The van der Waals surface area contributed by atoms with Crippen molar-refractivity contribution in [2.24, 2.45) is 7.05 Å². The van der Waals surface area contributed by atoms with Crippen LogP contribution in [0.15, 0.2) is 23.0 Å². The van der Waals surface area contributed by atoms with Crippen LogP contribution in [-0.4, -0.2) is 28.9 Å². The molecule has 0 atom stereocenters. The van der Waals surface area contributed by atoms with Crippen LogP contribution in [0.3, 0.4) is 0 Å². The average molecular weight is 465 g/mol. The molecule has 11 heteroatoms. The number of carbonyl (C=O) groups is 1. The Morgan fingerprint density at radius 3 is 2.80 bits per heavy atom. The van der Waals surface area contributed by atoms with Crippen molar-refractivity contribution in [2.45, 2.75) is 0 Å². The predicted molar refractivity (Wildman–Crippen MR) is 90.1 cm³/mol. The van der Waals surface area contributed by atoms with Gasteiger partial charge in [-0.3, -0.25) is 14.4 Å². The van der Waals surface area contributed by atoms with E-state index in [9.17, 15) is 23.5 Å². The van der Waals surface area contributed by atoms with E-state index < -0.39 is 41.1 Å². The standard InChI is InChI=1S/C14H12F2IN4O4/c1-21-14(24)10(16)11(12(19-21)13(23)20-25-5-4-22)18-9-3-2-7(17)6-8(9)15/h2-3,6,18H,4-5H2,1H3,(H,20,23)/q-1. The first-order valence-electron chi connectivity index (χ1n) is 6.84. The number of carbonyl (C=O) groups excluding carboxylic acids is 1. The summed E-state index contributed by atoms with van der Waals surface area (Å²) in [4.78, 5) is 28.4. The fraction of sp³-hybridized carbons (Fsp3) is 0.214. The molecule has 1 amide bonds. The smallest absolute Gasteiger partial charge is 0.304 e. The summed E-state index contributed by atoms with van der Waals surface area (Å²) >= 11 is 1.89. The molecule has 2 aromatic rings. The summed E-state index contributed by atoms with van der Waals surface area (Å²) in [6.07, 6.45) is 0. The van der Waals surface area contributed by atoms with Crippen LogP contribution in [0.5, 0.6) is 0 Å². The molecule has 0 saturated carbocycles. The van der Waals surface area contributed by atoms with Gasteiger partial charge in [0.1, 0.15) is 11.5 Å². The number of hydroxylamine groups is 1. The van der Waals surface area contributed by atoms with Crippen LogP contribution in [0, 0.1) is 15.2 Å². The third-order valence-electron chi connectivity index (χ3n) is 2.94.